The van der Waals surface area contributed by atoms with Crippen LogP contribution in [0.1, 0.15) is 29.8 Å². The maximum atomic E-state index is 11.3. The van der Waals surface area contributed by atoms with Crippen molar-refractivity contribution in [3.63, 3.8) is 0 Å². The van der Waals surface area contributed by atoms with Crippen LogP contribution >= 0.6 is 0 Å². The second kappa shape index (κ2) is 5.23. The number of ketones is 1. The summed E-state index contributed by atoms with van der Waals surface area (Å²) in [4.78, 5) is 11.3. The van der Waals surface area contributed by atoms with Crippen LogP contribution in [0.2, 0.25) is 0 Å². The average Bonchev–Trinajstić information content (AvgIpc) is 2.28. The van der Waals surface area contributed by atoms with Crippen molar-refractivity contribution in [1.82, 2.24) is 0 Å². The van der Waals surface area contributed by atoms with E-state index in [-0.39, 0.29) is 17.9 Å². The van der Waals surface area contributed by atoms with E-state index in [0.29, 0.717) is 5.56 Å². The fourth-order valence-corrected chi connectivity index (χ4v) is 1.49. The molecule has 88 valence electrons. The number of nitrogens with two attached hydrogens (primary N) is 1. The molecule has 0 bridgehead atoms. The highest BCUT2D eigenvalue weighted by molar-refractivity contribution is 5.97. The van der Waals surface area contributed by atoms with Gasteiger partial charge >= 0.3 is 0 Å². The Morgan fingerprint density at radius 3 is 2.31 bits per heavy atom. The van der Waals surface area contributed by atoms with E-state index in [1.54, 1.807) is 7.11 Å². The van der Waals surface area contributed by atoms with Gasteiger partial charge in [-0.1, -0.05) is 24.3 Å². The van der Waals surface area contributed by atoms with Gasteiger partial charge in [-0.3, -0.25) is 4.79 Å². The molecule has 0 aliphatic rings. The van der Waals surface area contributed by atoms with Crippen LogP contribution in [0, 0.1) is 0 Å². The molecule has 0 saturated carbocycles. The minimum atomic E-state index is -0.181. The molecule has 0 aliphatic heterocycles. The van der Waals surface area contributed by atoms with E-state index >= 15 is 0 Å². The van der Waals surface area contributed by atoms with Crippen LogP contribution in [-0.4, -0.2) is 25.0 Å². The standard InChI is InChI=1S/C13H19NO2/c1-13(2,16-3)8-10-4-6-11(7-5-10)12(15)9-14/h4-7H,8-9,14H2,1-3H3. The Bertz CT molecular complexity index is 355. The second-order valence-corrected chi connectivity index (χ2v) is 4.46. The Morgan fingerprint density at radius 2 is 1.88 bits per heavy atom. The van der Waals surface area contributed by atoms with E-state index in [9.17, 15) is 4.79 Å². The highest BCUT2D eigenvalue weighted by atomic mass is 16.5. The van der Waals surface area contributed by atoms with Gasteiger partial charge in [-0.15, -0.1) is 0 Å². The molecule has 3 nitrogen and oxygen atoms in total. The van der Waals surface area contributed by atoms with Crippen molar-refractivity contribution in [3.05, 3.63) is 35.4 Å². The first kappa shape index (κ1) is 12.9. The first-order chi connectivity index (χ1) is 7.48. The van der Waals surface area contributed by atoms with Crippen molar-refractivity contribution in [3.8, 4) is 0 Å². The number of carbonyl (C=O) groups excluding carboxylic acids is 1. The largest absolute Gasteiger partial charge is 0.378 e. The van der Waals surface area contributed by atoms with E-state index in [1.807, 2.05) is 38.1 Å². The summed E-state index contributed by atoms with van der Waals surface area (Å²) in [5.41, 5.74) is 6.94. The molecule has 1 rings (SSSR count). The molecule has 0 saturated heterocycles. The van der Waals surface area contributed by atoms with E-state index in [2.05, 4.69) is 0 Å². The highest BCUT2D eigenvalue weighted by Gasteiger charge is 2.16. The van der Waals surface area contributed by atoms with Gasteiger partial charge in [-0.05, 0) is 19.4 Å². The number of methoxy groups -OCH3 is 1. The lowest BCUT2D eigenvalue weighted by Gasteiger charge is -2.22. The molecule has 0 spiro atoms. The van der Waals surface area contributed by atoms with Gasteiger partial charge in [0, 0.05) is 19.1 Å². The number of hydrogen-bond donors (Lipinski definition) is 1. The molecular weight excluding hydrogens is 202 g/mol. The summed E-state index contributed by atoms with van der Waals surface area (Å²) < 4.78 is 5.35. The minimum Gasteiger partial charge on any atom is -0.378 e. The SMILES string of the molecule is COC(C)(C)Cc1ccc(C(=O)CN)cc1. The van der Waals surface area contributed by atoms with Crippen LogP contribution < -0.4 is 5.73 Å². The van der Waals surface area contributed by atoms with Gasteiger partial charge in [0.1, 0.15) is 0 Å². The summed E-state index contributed by atoms with van der Waals surface area (Å²) >= 11 is 0. The number of rotatable bonds is 5. The van der Waals surface area contributed by atoms with Gasteiger partial charge < -0.3 is 10.5 Å². The summed E-state index contributed by atoms with van der Waals surface area (Å²) in [5.74, 6) is -0.0300. The minimum absolute atomic E-state index is 0.0300. The van der Waals surface area contributed by atoms with Crippen LogP contribution in [0.3, 0.4) is 0 Å². The zero-order valence-corrected chi connectivity index (χ0v) is 10.1. The monoisotopic (exact) mass is 221 g/mol. The van der Waals surface area contributed by atoms with Crippen molar-refractivity contribution in [2.75, 3.05) is 13.7 Å². The normalized spacial score (nSPS) is 11.5. The highest BCUT2D eigenvalue weighted by Crippen LogP contribution is 2.16. The van der Waals surface area contributed by atoms with Crippen molar-refractivity contribution >= 4 is 5.78 Å². The molecule has 0 radical (unpaired) electrons. The summed E-state index contributed by atoms with van der Waals surface area (Å²) in [7, 11) is 1.70. The number of hydrogen-bond acceptors (Lipinski definition) is 3. The third-order valence-electron chi connectivity index (χ3n) is 2.64. The molecule has 0 aromatic heterocycles. The fourth-order valence-electron chi connectivity index (χ4n) is 1.49. The summed E-state index contributed by atoms with van der Waals surface area (Å²) in [5, 5.41) is 0. The molecule has 0 aliphatic carbocycles. The smallest absolute Gasteiger partial charge is 0.176 e. The summed E-state index contributed by atoms with van der Waals surface area (Å²) in [6.07, 6.45) is 0.820. The van der Waals surface area contributed by atoms with Crippen LogP contribution in [0.25, 0.3) is 0 Å². The topological polar surface area (TPSA) is 52.3 Å². The Labute approximate surface area is 96.6 Å². The first-order valence-corrected chi connectivity index (χ1v) is 5.36. The van der Waals surface area contributed by atoms with Crippen LogP contribution in [-0.2, 0) is 11.2 Å². The first-order valence-electron chi connectivity index (χ1n) is 5.36. The average molecular weight is 221 g/mol. The number of benzene rings is 1. The van der Waals surface area contributed by atoms with Crippen LogP contribution in [0.15, 0.2) is 24.3 Å². The van der Waals surface area contributed by atoms with Crippen LogP contribution in [0.4, 0.5) is 0 Å². The molecule has 0 amide bonds. The molecule has 3 heteroatoms. The molecule has 16 heavy (non-hydrogen) atoms. The van der Waals surface area contributed by atoms with Gasteiger partial charge in [0.15, 0.2) is 5.78 Å². The predicted octanol–water partition coefficient (Wildman–Crippen LogP) is 1.80. The maximum absolute atomic E-state index is 11.3. The molecule has 1 aromatic rings. The zero-order chi connectivity index (χ0) is 12.2. The van der Waals surface area contributed by atoms with Crippen molar-refractivity contribution < 1.29 is 9.53 Å². The molecule has 2 N–H and O–H groups in total. The third-order valence-corrected chi connectivity index (χ3v) is 2.64. The maximum Gasteiger partial charge on any atom is 0.176 e. The van der Waals surface area contributed by atoms with E-state index in [4.69, 9.17) is 10.5 Å². The Balaban J connectivity index is 2.76. The Hall–Kier alpha value is -1.19. The van der Waals surface area contributed by atoms with E-state index in [0.717, 1.165) is 12.0 Å². The van der Waals surface area contributed by atoms with Gasteiger partial charge in [0.25, 0.3) is 0 Å². The number of Topliss-reactive ketones (excluding diaryl/α,β-unsaturated/α-hetero) is 1. The Morgan fingerprint density at radius 1 is 1.31 bits per heavy atom. The lowest BCUT2D eigenvalue weighted by molar-refractivity contribution is 0.0232. The molecule has 0 unspecified atom stereocenters. The second-order valence-electron chi connectivity index (χ2n) is 4.46. The number of ether oxygens (including phenoxy) is 1. The van der Waals surface area contributed by atoms with Crippen LogP contribution in [0.5, 0.6) is 0 Å². The Kier molecular flexibility index (Phi) is 4.21. The van der Waals surface area contributed by atoms with Gasteiger partial charge in [-0.25, -0.2) is 0 Å². The lowest BCUT2D eigenvalue weighted by atomic mass is 9.97. The molecule has 0 atom stereocenters. The lowest BCUT2D eigenvalue weighted by Crippen LogP contribution is -2.25. The van der Waals surface area contributed by atoms with Crippen molar-refractivity contribution in [2.24, 2.45) is 5.73 Å². The van der Waals surface area contributed by atoms with E-state index in [1.165, 1.54) is 0 Å². The predicted molar refractivity (Wildman–Crippen MR) is 64.6 cm³/mol. The molecule has 0 fully saturated rings. The van der Waals surface area contributed by atoms with E-state index < -0.39 is 0 Å². The van der Waals surface area contributed by atoms with Gasteiger partial charge in [-0.2, -0.15) is 0 Å². The van der Waals surface area contributed by atoms with Gasteiger partial charge in [0.05, 0.1) is 12.1 Å². The quantitative estimate of drug-likeness (QED) is 0.771. The molecular formula is C13H19NO2. The summed E-state index contributed by atoms with van der Waals surface area (Å²) in [6, 6.07) is 7.53. The fraction of sp³-hybridized carbons (Fsp3) is 0.462. The molecule has 0 heterocycles. The van der Waals surface area contributed by atoms with Gasteiger partial charge in [0.2, 0.25) is 0 Å². The zero-order valence-electron chi connectivity index (χ0n) is 10.1. The molecule has 1 aromatic carbocycles. The van der Waals surface area contributed by atoms with Crippen molar-refractivity contribution in [2.45, 2.75) is 25.9 Å². The summed E-state index contributed by atoms with van der Waals surface area (Å²) in [6.45, 7) is 4.13. The number of carbonyl (C=O) groups is 1. The third kappa shape index (κ3) is 3.43. The van der Waals surface area contributed by atoms with Crippen molar-refractivity contribution in [1.29, 1.82) is 0 Å².